The Morgan fingerprint density at radius 2 is 2.12 bits per heavy atom. The van der Waals surface area contributed by atoms with Crippen LogP contribution in [0.2, 0.25) is 0 Å². The van der Waals surface area contributed by atoms with E-state index in [9.17, 15) is 8.78 Å². The van der Waals surface area contributed by atoms with Gasteiger partial charge in [-0.1, -0.05) is 13.0 Å². The molecule has 0 aliphatic heterocycles. The van der Waals surface area contributed by atoms with Crippen LogP contribution in [0.3, 0.4) is 0 Å². The third kappa shape index (κ3) is 2.47. The molecule has 1 aromatic heterocycles. The first-order valence-electron chi connectivity index (χ1n) is 5.71. The third-order valence-electron chi connectivity index (χ3n) is 2.75. The summed E-state index contributed by atoms with van der Waals surface area (Å²) in [7, 11) is 0. The number of benzene rings is 1. The molecule has 1 N–H and O–H groups in total. The Bertz CT molecular complexity index is 521. The van der Waals surface area contributed by atoms with Gasteiger partial charge in [-0.15, -0.1) is 0 Å². The molecule has 2 nitrogen and oxygen atoms in total. The number of nitrogens with one attached hydrogen (secondary N) is 1. The van der Waals surface area contributed by atoms with Gasteiger partial charge in [0.1, 0.15) is 5.58 Å². The van der Waals surface area contributed by atoms with Crippen LogP contribution in [0, 0.1) is 11.8 Å². The second-order valence-corrected chi connectivity index (χ2v) is 4.18. The van der Waals surface area contributed by atoms with E-state index in [1.165, 1.54) is 0 Å². The summed E-state index contributed by atoms with van der Waals surface area (Å²) in [6.07, 6.45) is 0.774. The van der Waals surface area contributed by atoms with Gasteiger partial charge in [0.15, 0.2) is 0 Å². The number of rotatable bonds is 4. The summed E-state index contributed by atoms with van der Waals surface area (Å²) in [5, 5.41) is 3.48. The van der Waals surface area contributed by atoms with Crippen LogP contribution >= 0.6 is 0 Å². The molecular weight excluding hydrogens is 224 g/mol. The molecule has 0 fully saturated rings. The molecule has 0 bridgehead atoms. The van der Waals surface area contributed by atoms with Crippen molar-refractivity contribution in [1.82, 2.24) is 5.32 Å². The fourth-order valence-electron chi connectivity index (χ4n) is 1.99. The zero-order valence-corrected chi connectivity index (χ0v) is 9.89. The molecule has 0 aliphatic rings. The number of likely N-dealkylation sites (N-methyl/N-ethyl adjacent to an activating group) is 1. The van der Waals surface area contributed by atoms with Crippen LogP contribution in [-0.4, -0.2) is 12.6 Å². The number of furan rings is 1. The van der Waals surface area contributed by atoms with Gasteiger partial charge in [0, 0.05) is 6.04 Å². The van der Waals surface area contributed by atoms with Gasteiger partial charge < -0.3 is 9.73 Å². The Hall–Kier alpha value is -1.42. The maximum Gasteiger partial charge on any atom is 0.315 e. The van der Waals surface area contributed by atoms with E-state index in [0.29, 0.717) is 6.04 Å². The summed E-state index contributed by atoms with van der Waals surface area (Å²) in [5.74, 6) is -0.905. The minimum absolute atomic E-state index is 0.212. The van der Waals surface area contributed by atoms with Gasteiger partial charge >= 0.3 is 6.01 Å². The van der Waals surface area contributed by atoms with E-state index in [-0.39, 0.29) is 11.0 Å². The molecule has 0 saturated heterocycles. The molecule has 2 rings (SSSR count). The van der Waals surface area contributed by atoms with Gasteiger partial charge in [-0.25, -0.2) is 0 Å². The lowest BCUT2D eigenvalue weighted by molar-refractivity contribution is 0.343. The fraction of sp³-hybridized carbons (Fsp3) is 0.385. The van der Waals surface area contributed by atoms with Crippen LogP contribution in [0.5, 0.6) is 0 Å². The Morgan fingerprint density at radius 3 is 2.82 bits per heavy atom. The van der Waals surface area contributed by atoms with Crippen molar-refractivity contribution >= 4 is 11.0 Å². The molecule has 0 amide bonds. The second kappa shape index (κ2) is 4.84. The van der Waals surface area contributed by atoms with Gasteiger partial charge in [0.2, 0.25) is 5.82 Å². The Balaban J connectivity index is 2.28. The number of fused-ring (bicyclic) bond motifs is 1. The van der Waals surface area contributed by atoms with Crippen LogP contribution in [0.25, 0.3) is 11.0 Å². The molecule has 92 valence electrons. The number of halogens is 2. The first-order valence-corrected chi connectivity index (χ1v) is 5.71. The van der Waals surface area contributed by atoms with Crippen molar-refractivity contribution < 1.29 is 13.2 Å². The monoisotopic (exact) mass is 239 g/mol. The highest BCUT2D eigenvalue weighted by Crippen LogP contribution is 2.24. The standard InChI is InChI=1S/C13H15F2NO/c1-3-16-8(2)6-9-4-5-11-10(7-9)12(14)13(15)17-11/h4-5,7-8,16H,3,6H2,1-2H3. The summed E-state index contributed by atoms with van der Waals surface area (Å²) >= 11 is 0. The summed E-state index contributed by atoms with van der Waals surface area (Å²) in [4.78, 5) is 0. The Labute approximate surface area is 98.6 Å². The zero-order valence-electron chi connectivity index (χ0n) is 9.89. The summed E-state index contributed by atoms with van der Waals surface area (Å²) in [6.45, 7) is 4.98. The van der Waals surface area contributed by atoms with E-state index in [2.05, 4.69) is 16.7 Å². The van der Waals surface area contributed by atoms with Crippen molar-refractivity contribution in [3.8, 4) is 0 Å². The summed E-state index contributed by atoms with van der Waals surface area (Å²) in [5.41, 5.74) is 1.21. The van der Waals surface area contributed by atoms with Gasteiger partial charge in [-0.2, -0.15) is 8.78 Å². The number of hydrogen-bond donors (Lipinski definition) is 1. The van der Waals surface area contributed by atoms with E-state index >= 15 is 0 Å². The third-order valence-corrected chi connectivity index (χ3v) is 2.75. The van der Waals surface area contributed by atoms with Crippen molar-refractivity contribution in [3.63, 3.8) is 0 Å². The van der Waals surface area contributed by atoms with Gasteiger partial charge in [-0.3, -0.25) is 0 Å². The lowest BCUT2D eigenvalue weighted by Gasteiger charge is -2.11. The zero-order chi connectivity index (χ0) is 12.4. The van der Waals surface area contributed by atoms with Crippen LogP contribution in [0.15, 0.2) is 22.6 Å². The molecule has 0 aliphatic carbocycles. The van der Waals surface area contributed by atoms with Gasteiger partial charge in [0.05, 0.1) is 5.39 Å². The highest BCUT2D eigenvalue weighted by atomic mass is 19.2. The van der Waals surface area contributed by atoms with Crippen LogP contribution in [0.1, 0.15) is 19.4 Å². The molecule has 17 heavy (non-hydrogen) atoms. The van der Waals surface area contributed by atoms with Gasteiger partial charge in [0.25, 0.3) is 0 Å². The first kappa shape index (κ1) is 12.0. The lowest BCUT2D eigenvalue weighted by Crippen LogP contribution is -2.27. The topological polar surface area (TPSA) is 25.2 Å². The average molecular weight is 239 g/mol. The minimum Gasteiger partial charge on any atom is -0.429 e. The van der Waals surface area contributed by atoms with Crippen molar-refractivity contribution in [3.05, 3.63) is 35.6 Å². The van der Waals surface area contributed by atoms with E-state index in [1.807, 2.05) is 13.0 Å². The van der Waals surface area contributed by atoms with Crippen molar-refractivity contribution in [2.75, 3.05) is 6.54 Å². The van der Waals surface area contributed by atoms with Crippen LogP contribution in [0.4, 0.5) is 8.78 Å². The molecule has 0 saturated carbocycles. The highest BCUT2D eigenvalue weighted by Gasteiger charge is 2.14. The normalized spacial score (nSPS) is 13.2. The molecule has 4 heteroatoms. The number of hydrogen-bond acceptors (Lipinski definition) is 2. The second-order valence-electron chi connectivity index (χ2n) is 4.18. The predicted molar refractivity (Wildman–Crippen MR) is 63.0 cm³/mol. The Morgan fingerprint density at radius 1 is 1.35 bits per heavy atom. The smallest absolute Gasteiger partial charge is 0.315 e. The van der Waals surface area contributed by atoms with Crippen LogP contribution < -0.4 is 5.32 Å². The fourth-order valence-corrected chi connectivity index (χ4v) is 1.99. The maximum atomic E-state index is 13.3. The van der Waals surface area contributed by atoms with Crippen molar-refractivity contribution in [1.29, 1.82) is 0 Å². The minimum atomic E-state index is -1.14. The molecule has 2 aromatic rings. The van der Waals surface area contributed by atoms with Crippen molar-refractivity contribution in [2.24, 2.45) is 0 Å². The highest BCUT2D eigenvalue weighted by molar-refractivity contribution is 5.78. The molecule has 1 heterocycles. The molecule has 1 atom stereocenters. The van der Waals surface area contributed by atoms with E-state index in [0.717, 1.165) is 18.5 Å². The maximum absolute atomic E-state index is 13.3. The SMILES string of the molecule is CCNC(C)Cc1ccc2oc(F)c(F)c2c1. The molecular formula is C13H15F2NO. The molecule has 0 radical (unpaired) electrons. The summed E-state index contributed by atoms with van der Waals surface area (Å²) < 4.78 is 30.9. The van der Waals surface area contributed by atoms with E-state index < -0.39 is 11.8 Å². The lowest BCUT2D eigenvalue weighted by atomic mass is 10.1. The van der Waals surface area contributed by atoms with Crippen molar-refractivity contribution in [2.45, 2.75) is 26.3 Å². The molecule has 0 spiro atoms. The average Bonchev–Trinajstić information content (AvgIpc) is 2.56. The molecule has 1 unspecified atom stereocenters. The first-order chi connectivity index (χ1) is 8.11. The predicted octanol–water partition coefficient (Wildman–Crippen LogP) is 3.25. The van der Waals surface area contributed by atoms with Gasteiger partial charge in [-0.05, 0) is 37.6 Å². The Kier molecular flexibility index (Phi) is 3.43. The van der Waals surface area contributed by atoms with E-state index in [4.69, 9.17) is 0 Å². The quantitative estimate of drug-likeness (QED) is 0.886. The van der Waals surface area contributed by atoms with E-state index in [1.54, 1.807) is 12.1 Å². The largest absolute Gasteiger partial charge is 0.429 e. The molecule has 1 aromatic carbocycles. The van der Waals surface area contributed by atoms with Crippen LogP contribution in [-0.2, 0) is 6.42 Å². The summed E-state index contributed by atoms with van der Waals surface area (Å²) in [6, 6.07) is 4.24.